The second kappa shape index (κ2) is 14.5. The van der Waals surface area contributed by atoms with Crippen molar-refractivity contribution in [3.63, 3.8) is 0 Å². The molecule has 0 saturated heterocycles. The van der Waals surface area contributed by atoms with Gasteiger partial charge in [-0.15, -0.1) is 0 Å². The minimum absolute atomic E-state index is 0.0664. The Morgan fingerprint density at radius 3 is 1.77 bits per heavy atom. The van der Waals surface area contributed by atoms with E-state index in [4.69, 9.17) is 4.42 Å². The van der Waals surface area contributed by atoms with Crippen LogP contribution in [-0.2, 0) is 17.3 Å². The first kappa shape index (κ1) is 39.5. The Labute approximate surface area is 408 Å². The maximum Gasteiger partial charge on any atom is 0.137 e. The number of rotatable bonds is 5. The van der Waals surface area contributed by atoms with E-state index in [1.165, 1.54) is 99.8 Å². The minimum atomic E-state index is -0.468. The van der Waals surface area contributed by atoms with Gasteiger partial charge in [0, 0.05) is 45.9 Å². The van der Waals surface area contributed by atoms with Gasteiger partial charge in [0.05, 0.1) is 5.41 Å². The average molecular weight is 894 g/mol. The molecular weight excluding hydrogens is 847 g/mol. The lowest BCUT2D eigenvalue weighted by atomic mass is 9.70. The lowest BCUT2D eigenvalue weighted by Gasteiger charge is -2.32. The predicted molar refractivity (Wildman–Crippen MR) is 290 cm³/mol. The zero-order chi connectivity index (χ0) is 46.3. The first-order chi connectivity index (χ1) is 34.5. The highest BCUT2D eigenvalue weighted by Gasteiger charge is 2.51. The number of hydrogen-bond donors (Lipinski definition) is 0. The molecule has 1 aromatic heterocycles. The number of fused-ring (bicyclic) bond motifs is 17. The van der Waals surface area contributed by atoms with E-state index in [1.54, 1.807) is 0 Å². The molecule has 0 atom stereocenters. The summed E-state index contributed by atoms with van der Waals surface area (Å²) in [5.74, 6) is 1.07. The van der Waals surface area contributed by atoms with E-state index in [1.807, 2.05) is 0 Å². The third-order valence-electron chi connectivity index (χ3n) is 16.3. The second-order valence-corrected chi connectivity index (χ2v) is 20.2. The molecule has 0 radical (unpaired) electrons. The van der Waals surface area contributed by atoms with Crippen molar-refractivity contribution in [1.29, 1.82) is 0 Å². The van der Waals surface area contributed by atoms with Crippen LogP contribution in [0.3, 0.4) is 0 Å². The molecule has 330 valence electrons. The molecule has 10 aromatic carbocycles. The van der Waals surface area contributed by atoms with Crippen LogP contribution < -0.4 is 4.90 Å². The first-order valence-corrected chi connectivity index (χ1v) is 24.8. The molecule has 0 saturated carbocycles. The highest BCUT2D eigenvalue weighted by molar-refractivity contribution is 6.06. The average Bonchev–Trinajstić information content (AvgIpc) is 4.10. The van der Waals surface area contributed by atoms with Crippen LogP contribution in [-0.4, -0.2) is 0 Å². The van der Waals surface area contributed by atoms with Crippen molar-refractivity contribution >= 4 is 44.9 Å². The van der Waals surface area contributed by atoms with Gasteiger partial charge in [-0.1, -0.05) is 190 Å². The first-order valence-electron chi connectivity index (χ1n) is 24.8. The van der Waals surface area contributed by atoms with E-state index in [-0.39, 0.29) is 5.41 Å². The molecule has 0 aliphatic heterocycles. The zero-order valence-corrected chi connectivity index (χ0v) is 39.1. The van der Waals surface area contributed by atoms with Crippen molar-refractivity contribution in [2.75, 3.05) is 4.90 Å². The van der Waals surface area contributed by atoms with E-state index in [2.05, 4.69) is 243 Å². The molecular formula is C68H47NO. The van der Waals surface area contributed by atoms with E-state index in [0.717, 1.165) is 52.2 Å². The fraction of sp³-hybridized carbons (Fsp3) is 0.0882. The molecule has 1 heterocycles. The maximum absolute atomic E-state index is 6.71. The maximum atomic E-state index is 6.71. The van der Waals surface area contributed by atoms with Crippen molar-refractivity contribution in [2.45, 2.75) is 37.5 Å². The topological polar surface area (TPSA) is 16.4 Å². The fourth-order valence-corrected chi connectivity index (χ4v) is 13.3. The van der Waals surface area contributed by atoms with Crippen LogP contribution in [0, 0.1) is 0 Å². The molecule has 15 rings (SSSR count). The molecule has 0 amide bonds. The Hall–Kier alpha value is -8.46. The van der Waals surface area contributed by atoms with Gasteiger partial charge in [0.2, 0.25) is 0 Å². The van der Waals surface area contributed by atoms with Crippen LogP contribution in [0.15, 0.2) is 223 Å². The summed E-state index contributed by atoms with van der Waals surface area (Å²) >= 11 is 0. The number of hydrogen-bond acceptors (Lipinski definition) is 2. The molecule has 2 nitrogen and oxygen atoms in total. The minimum Gasteiger partial charge on any atom is -0.460 e. The van der Waals surface area contributed by atoms with Gasteiger partial charge in [0.25, 0.3) is 0 Å². The van der Waals surface area contributed by atoms with Crippen LogP contribution in [0.2, 0.25) is 0 Å². The molecule has 4 aliphatic rings. The molecule has 0 bridgehead atoms. The number of anilines is 3. The third-order valence-corrected chi connectivity index (χ3v) is 16.3. The van der Waals surface area contributed by atoms with Crippen molar-refractivity contribution in [2.24, 2.45) is 0 Å². The number of nitrogens with zero attached hydrogens (tertiary/aromatic N) is 1. The smallest absolute Gasteiger partial charge is 0.137 e. The molecule has 0 unspecified atom stereocenters. The van der Waals surface area contributed by atoms with Crippen LogP contribution in [0.25, 0.3) is 83.5 Å². The molecule has 4 aliphatic carbocycles. The van der Waals surface area contributed by atoms with E-state index in [9.17, 15) is 0 Å². The van der Waals surface area contributed by atoms with Crippen molar-refractivity contribution in [3.05, 3.63) is 263 Å². The van der Waals surface area contributed by atoms with Crippen LogP contribution >= 0.6 is 0 Å². The van der Waals surface area contributed by atoms with Crippen LogP contribution in [0.4, 0.5) is 17.1 Å². The van der Waals surface area contributed by atoms with Crippen molar-refractivity contribution in [3.8, 4) is 55.6 Å². The van der Waals surface area contributed by atoms with Gasteiger partial charge in [-0.2, -0.15) is 0 Å². The summed E-state index contributed by atoms with van der Waals surface area (Å²) in [5.41, 5.74) is 25.6. The SMILES string of the molecule is CC1(C)c2ccccc2-c2cc(-c3c(-c4cccc(N(c5ccc6c(c5)C5(c7ccccc7-c7ccccc75)c5ccccc5-6)c5ccc6c7c(oc6c5)CCC=C7)c4)ccc4ccccc34)ccc21. The highest BCUT2D eigenvalue weighted by Crippen LogP contribution is 2.63. The summed E-state index contributed by atoms with van der Waals surface area (Å²) in [7, 11) is 0. The standard InChI is InChI=1S/C68H47NO/c1-67(2)58-25-10-5-23-53(58)57-39-44(31-37-59(57)67)66-48-19-4-3-16-42(48)30-34-49(66)43-17-15-18-45(38-43)69(47-33-36-56-55-24-9-14-29-64(55)70-65(56)41-47)46-32-35-54-52-22-8-13-28-62(52)68(63(54)40-46)60-26-11-6-20-50(60)51-21-7-12-27-61(51)68/h3-13,15-28,30-41H,14,29H2,1-2H3. The van der Waals surface area contributed by atoms with E-state index in [0.29, 0.717) is 0 Å². The van der Waals surface area contributed by atoms with Crippen molar-refractivity contribution < 1.29 is 4.42 Å². The monoisotopic (exact) mass is 893 g/mol. The number of benzene rings is 10. The van der Waals surface area contributed by atoms with Gasteiger partial charge in [0.1, 0.15) is 11.3 Å². The fourth-order valence-electron chi connectivity index (χ4n) is 13.3. The molecule has 0 fully saturated rings. The molecule has 70 heavy (non-hydrogen) atoms. The summed E-state index contributed by atoms with van der Waals surface area (Å²) in [6.07, 6.45) is 6.42. The molecule has 11 aromatic rings. The zero-order valence-electron chi connectivity index (χ0n) is 39.1. The third kappa shape index (κ3) is 5.34. The lowest BCUT2D eigenvalue weighted by Crippen LogP contribution is -2.26. The molecule has 0 N–H and O–H groups in total. The van der Waals surface area contributed by atoms with Crippen LogP contribution in [0.1, 0.15) is 65.0 Å². The van der Waals surface area contributed by atoms with Gasteiger partial charge >= 0.3 is 0 Å². The van der Waals surface area contributed by atoms with Gasteiger partial charge in [0.15, 0.2) is 0 Å². The second-order valence-electron chi connectivity index (χ2n) is 20.2. The summed E-state index contributed by atoms with van der Waals surface area (Å²) in [6.45, 7) is 4.72. The number of furan rings is 1. The number of aryl methyl sites for hydroxylation is 1. The van der Waals surface area contributed by atoms with Gasteiger partial charge < -0.3 is 9.32 Å². The van der Waals surface area contributed by atoms with Crippen LogP contribution in [0.5, 0.6) is 0 Å². The predicted octanol–water partition coefficient (Wildman–Crippen LogP) is 18.0. The van der Waals surface area contributed by atoms with E-state index < -0.39 is 5.41 Å². The van der Waals surface area contributed by atoms with E-state index >= 15 is 0 Å². The Kier molecular flexibility index (Phi) is 8.20. The lowest BCUT2D eigenvalue weighted by molar-refractivity contribution is 0.546. The molecule has 1 spiro atoms. The van der Waals surface area contributed by atoms with Gasteiger partial charge in [-0.3, -0.25) is 0 Å². The Morgan fingerprint density at radius 1 is 0.414 bits per heavy atom. The summed E-state index contributed by atoms with van der Waals surface area (Å²) in [5, 5.41) is 3.63. The Bertz CT molecular complexity index is 4000. The Morgan fingerprint density at radius 2 is 1.01 bits per heavy atom. The van der Waals surface area contributed by atoms with Crippen molar-refractivity contribution in [1.82, 2.24) is 0 Å². The summed E-state index contributed by atoms with van der Waals surface area (Å²) < 4.78 is 6.71. The quantitative estimate of drug-likeness (QED) is 0.171. The normalized spacial score (nSPS) is 14.8. The van der Waals surface area contributed by atoms with Gasteiger partial charge in [-0.05, 0) is 149 Å². The summed E-state index contributed by atoms with van der Waals surface area (Å²) in [6, 6.07) is 80.1. The summed E-state index contributed by atoms with van der Waals surface area (Å²) in [4.78, 5) is 2.46. The van der Waals surface area contributed by atoms with Gasteiger partial charge in [-0.25, -0.2) is 0 Å². The molecule has 2 heteroatoms. The number of allylic oxidation sites excluding steroid dienone is 1. The Balaban J connectivity index is 0.954. The largest absolute Gasteiger partial charge is 0.460 e. The highest BCUT2D eigenvalue weighted by atomic mass is 16.3.